The largest absolute Gasteiger partial charge is 0.481 e. The molecule has 0 atom stereocenters. The van der Waals surface area contributed by atoms with Crippen molar-refractivity contribution in [1.82, 2.24) is 25.3 Å². The average Bonchev–Trinajstić information content (AvgIpc) is 2.45. The fraction of sp³-hybridized carbons (Fsp3) is 0.429. The normalized spacial score (nSPS) is 11.4. The topological polar surface area (TPSA) is 72.8 Å². The summed E-state index contributed by atoms with van der Waals surface area (Å²) < 4.78 is 5.06. The summed E-state index contributed by atoms with van der Waals surface area (Å²) in [4.78, 5) is 16.8. The quantitative estimate of drug-likeness (QED) is 0.916. The van der Waals surface area contributed by atoms with E-state index < -0.39 is 0 Å². The van der Waals surface area contributed by atoms with E-state index in [1.807, 2.05) is 0 Å². The minimum Gasteiger partial charge on any atom is -0.481 e. The number of ether oxygens (including phenoxy) is 1. The summed E-state index contributed by atoms with van der Waals surface area (Å²) >= 11 is 0. The molecular formula is C14H19N5O. The number of aromatic nitrogens is 4. The van der Waals surface area contributed by atoms with Crippen molar-refractivity contribution in [3.05, 3.63) is 30.4 Å². The zero-order valence-electron chi connectivity index (χ0n) is 12.2. The van der Waals surface area contributed by atoms with E-state index in [9.17, 15) is 0 Å². The summed E-state index contributed by atoms with van der Waals surface area (Å²) in [5.74, 6) is 1.06. The van der Waals surface area contributed by atoms with Crippen molar-refractivity contribution in [3.63, 3.8) is 0 Å². The second-order valence-electron chi connectivity index (χ2n) is 5.46. The maximum absolute atomic E-state index is 5.06. The lowest BCUT2D eigenvalue weighted by Crippen LogP contribution is -2.35. The number of rotatable bonds is 4. The summed E-state index contributed by atoms with van der Waals surface area (Å²) in [6, 6.07) is 1.71. The van der Waals surface area contributed by atoms with E-state index in [2.05, 4.69) is 46.0 Å². The molecule has 6 heteroatoms. The van der Waals surface area contributed by atoms with Gasteiger partial charge in [0.2, 0.25) is 5.88 Å². The predicted molar refractivity (Wildman–Crippen MR) is 76.2 cm³/mol. The Labute approximate surface area is 118 Å². The van der Waals surface area contributed by atoms with Crippen molar-refractivity contribution in [2.45, 2.75) is 32.9 Å². The zero-order chi connectivity index (χ0) is 14.6. The molecule has 0 radical (unpaired) electrons. The molecule has 0 bridgehead atoms. The van der Waals surface area contributed by atoms with Gasteiger partial charge in [0.05, 0.1) is 7.11 Å². The van der Waals surface area contributed by atoms with Gasteiger partial charge < -0.3 is 10.1 Å². The Kier molecular flexibility index (Phi) is 4.24. The Morgan fingerprint density at radius 3 is 2.40 bits per heavy atom. The molecule has 2 aromatic rings. The molecule has 0 aliphatic heterocycles. The molecule has 1 N–H and O–H groups in total. The SMILES string of the molecule is COc1cc(-c2ncc(CNC(C)(C)C)cn2)ncn1. The third-order valence-corrected chi connectivity index (χ3v) is 2.61. The minimum atomic E-state index is 0.0681. The first kappa shape index (κ1) is 14.3. The van der Waals surface area contributed by atoms with E-state index in [4.69, 9.17) is 4.74 Å². The van der Waals surface area contributed by atoms with E-state index in [0.717, 1.165) is 12.1 Å². The van der Waals surface area contributed by atoms with Crippen LogP contribution < -0.4 is 10.1 Å². The van der Waals surface area contributed by atoms with Crippen LogP contribution in [-0.4, -0.2) is 32.6 Å². The van der Waals surface area contributed by atoms with Crippen molar-refractivity contribution >= 4 is 0 Å². The summed E-state index contributed by atoms with van der Waals surface area (Å²) in [7, 11) is 1.56. The van der Waals surface area contributed by atoms with Gasteiger partial charge in [-0.05, 0) is 20.8 Å². The molecule has 0 saturated carbocycles. The number of methoxy groups -OCH3 is 1. The number of hydrogen-bond acceptors (Lipinski definition) is 6. The highest BCUT2D eigenvalue weighted by atomic mass is 16.5. The fourth-order valence-corrected chi connectivity index (χ4v) is 1.52. The number of nitrogens with zero attached hydrogens (tertiary/aromatic N) is 4. The fourth-order valence-electron chi connectivity index (χ4n) is 1.52. The van der Waals surface area contributed by atoms with Gasteiger partial charge in [0.1, 0.15) is 12.0 Å². The van der Waals surface area contributed by atoms with Crippen LogP contribution in [-0.2, 0) is 6.54 Å². The molecule has 0 fully saturated rings. The van der Waals surface area contributed by atoms with Gasteiger partial charge >= 0.3 is 0 Å². The van der Waals surface area contributed by atoms with Crippen molar-refractivity contribution in [1.29, 1.82) is 0 Å². The number of nitrogens with one attached hydrogen (secondary N) is 1. The van der Waals surface area contributed by atoms with E-state index in [-0.39, 0.29) is 5.54 Å². The predicted octanol–water partition coefficient (Wildman–Crippen LogP) is 1.83. The molecule has 20 heavy (non-hydrogen) atoms. The van der Waals surface area contributed by atoms with Crippen molar-refractivity contribution in [2.24, 2.45) is 0 Å². The van der Waals surface area contributed by atoms with Gasteiger partial charge in [-0.3, -0.25) is 0 Å². The zero-order valence-corrected chi connectivity index (χ0v) is 12.2. The Morgan fingerprint density at radius 1 is 1.10 bits per heavy atom. The first-order chi connectivity index (χ1) is 9.48. The standard InChI is InChI=1S/C14H19N5O/c1-14(2,3)19-8-10-6-15-13(16-7-10)11-5-12(20-4)18-9-17-11/h5-7,9,19H,8H2,1-4H3. The van der Waals surface area contributed by atoms with E-state index in [1.54, 1.807) is 25.6 Å². The molecule has 6 nitrogen and oxygen atoms in total. The monoisotopic (exact) mass is 273 g/mol. The highest BCUT2D eigenvalue weighted by Crippen LogP contribution is 2.15. The molecule has 106 valence electrons. The van der Waals surface area contributed by atoms with Gasteiger partial charge in [-0.2, -0.15) is 0 Å². The van der Waals surface area contributed by atoms with Crippen LogP contribution in [0.3, 0.4) is 0 Å². The first-order valence-electron chi connectivity index (χ1n) is 6.40. The van der Waals surface area contributed by atoms with Crippen molar-refractivity contribution in [3.8, 4) is 17.4 Å². The van der Waals surface area contributed by atoms with Gasteiger partial charge in [-0.15, -0.1) is 0 Å². The van der Waals surface area contributed by atoms with Crippen molar-refractivity contribution < 1.29 is 4.74 Å². The smallest absolute Gasteiger partial charge is 0.216 e. The van der Waals surface area contributed by atoms with Crippen LogP contribution in [0.5, 0.6) is 5.88 Å². The second-order valence-corrected chi connectivity index (χ2v) is 5.46. The molecule has 2 aromatic heterocycles. The lowest BCUT2D eigenvalue weighted by molar-refractivity contribution is 0.397. The van der Waals surface area contributed by atoms with E-state index in [0.29, 0.717) is 17.4 Å². The summed E-state index contributed by atoms with van der Waals surface area (Å²) in [5, 5.41) is 3.39. The first-order valence-corrected chi connectivity index (χ1v) is 6.40. The van der Waals surface area contributed by atoms with Crippen molar-refractivity contribution in [2.75, 3.05) is 7.11 Å². The maximum atomic E-state index is 5.06. The van der Waals surface area contributed by atoms with Gasteiger partial charge in [-0.1, -0.05) is 0 Å². The lowest BCUT2D eigenvalue weighted by Gasteiger charge is -2.20. The Bertz CT molecular complexity index is 563. The summed E-state index contributed by atoms with van der Waals surface area (Å²) in [6.45, 7) is 7.09. The molecule has 0 amide bonds. The van der Waals surface area contributed by atoms with Gasteiger partial charge in [0, 0.05) is 36.1 Å². The van der Waals surface area contributed by atoms with E-state index in [1.165, 1.54) is 6.33 Å². The van der Waals surface area contributed by atoms with Crippen LogP contribution in [0.25, 0.3) is 11.5 Å². The Balaban J connectivity index is 2.11. The van der Waals surface area contributed by atoms with Crippen LogP contribution in [0.2, 0.25) is 0 Å². The molecule has 2 heterocycles. The Morgan fingerprint density at radius 2 is 1.80 bits per heavy atom. The van der Waals surface area contributed by atoms with Crippen LogP contribution in [0, 0.1) is 0 Å². The highest BCUT2D eigenvalue weighted by Gasteiger charge is 2.09. The van der Waals surface area contributed by atoms with E-state index >= 15 is 0 Å². The Hall–Kier alpha value is -2.08. The molecule has 0 spiro atoms. The highest BCUT2D eigenvalue weighted by molar-refractivity contribution is 5.49. The van der Waals surface area contributed by atoms with Crippen LogP contribution in [0.4, 0.5) is 0 Å². The summed E-state index contributed by atoms with van der Waals surface area (Å²) in [6.07, 6.45) is 5.04. The average molecular weight is 273 g/mol. The van der Waals surface area contributed by atoms with Gasteiger partial charge in [0.25, 0.3) is 0 Å². The third-order valence-electron chi connectivity index (χ3n) is 2.61. The molecule has 0 aliphatic carbocycles. The molecule has 0 unspecified atom stereocenters. The second kappa shape index (κ2) is 5.92. The van der Waals surface area contributed by atoms with Gasteiger partial charge in [0.15, 0.2) is 5.82 Å². The maximum Gasteiger partial charge on any atom is 0.216 e. The summed E-state index contributed by atoms with van der Waals surface area (Å²) in [5.41, 5.74) is 1.75. The molecule has 0 saturated heterocycles. The molecule has 0 aromatic carbocycles. The third kappa shape index (κ3) is 3.96. The van der Waals surface area contributed by atoms with Crippen LogP contribution >= 0.6 is 0 Å². The molecular weight excluding hydrogens is 254 g/mol. The van der Waals surface area contributed by atoms with Gasteiger partial charge in [-0.25, -0.2) is 19.9 Å². The van der Waals surface area contributed by atoms with Crippen LogP contribution in [0.1, 0.15) is 26.3 Å². The minimum absolute atomic E-state index is 0.0681. The molecule has 0 aliphatic rings. The molecule has 2 rings (SSSR count). The number of hydrogen-bond donors (Lipinski definition) is 1. The van der Waals surface area contributed by atoms with Crippen LogP contribution in [0.15, 0.2) is 24.8 Å². The lowest BCUT2D eigenvalue weighted by atomic mass is 10.1.